The number of amides is 1. The fraction of sp³-hybridized carbons (Fsp3) is 0.214. The van der Waals surface area contributed by atoms with Crippen LogP contribution in [-0.4, -0.2) is 22.0 Å². The second-order valence-corrected chi connectivity index (χ2v) is 6.40. The Bertz CT molecular complexity index is 686. The van der Waals surface area contributed by atoms with E-state index in [9.17, 15) is 9.59 Å². The molecule has 0 spiro atoms. The molecule has 0 aliphatic carbocycles. The van der Waals surface area contributed by atoms with Gasteiger partial charge in [0.25, 0.3) is 5.91 Å². The number of rotatable bonds is 5. The van der Waals surface area contributed by atoms with Gasteiger partial charge in [-0.15, -0.1) is 22.7 Å². The van der Waals surface area contributed by atoms with Gasteiger partial charge in [-0.1, -0.05) is 13.8 Å². The van der Waals surface area contributed by atoms with Crippen molar-refractivity contribution < 1.29 is 14.7 Å². The standard InChI is InChI=1S/C14H14N2O3S2/c1-8(2)11-7-21-14(15-11)16-13(19)9-5-10(20-6-9)3-4-12(17)18/h3-8H,1-2H3,(H,17,18)(H,15,16,19). The third kappa shape index (κ3) is 4.24. The number of carbonyl (C=O) groups excluding carboxylic acids is 1. The molecule has 110 valence electrons. The molecule has 2 aromatic rings. The number of nitrogens with zero attached hydrogens (tertiary/aromatic N) is 1. The van der Waals surface area contributed by atoms with Crippen molar-refractivity contribution >= 4 is 45.8 Å². The topological polar surface area (TPSA) is 79.3 Å². The number of carboxylic acids is 1. The van der Waals surface area contributed by atoms with Gasteiger partial charge in [0.1, 0.15) is 0 Å². The first kappa shape index (κ1) is 15.4. The summed E-state index contributed by atoms with van der Waals surface area (Å²) in [5.74, 6) is -0.940. The lowest BCUT2D eigenvalue weighted by molar-refractivity contribution is -0.131. The average Bonchev–Trinajstić information content (AvgIpc) is 3.04. The molecule has 0 saturated carbocycles. The monoisotopic (exact) mass is 322 g/mol. The lowest BCUT2D eigenvalue weighted by atomic mass is 10.2. The van der Waals surface area contributed by atoms with Crippen LogP contribution in [0.2, 0.25) is 0 Å². The Kier molecular flexibility index (Phi) is 4.87. The first-order valence-corrected chi connectivity index (χ1v) is 7.98. The summed E-state index contributed by atoms with van der Waals surface area (Å²) >= 11 is 2.70. The Morgan fingerprint density at radius 2 is 2.10 bits per heavy atom. The summed E-state index contributed by atoms with van der Waals surface area (Å²) in [6.07, 6.45) is 2.51. The van der Waals surface area contributed by atoms with Gasteiger partial charge in [-0.2, -0.15) is 0 Å². The zero-order valence-electron chi connectivity index (χ0n) is 11.5. The quantitative estimate of drug-likeness (QED) is 0.823. The van der Waals surface area contributed by atoms with Crippen LogP contribution >= 0.6 is 22.7 Å². The van der Waals surface area contributed by atoms with Crippen LogP contribution in [-0.2, 0) is 4.79 Å². The number of hydrogen-bond donors (Lipinski definition) is 2. The van der Waals surface area contributed by atoms with Crippen molar-refractivity contribution in [2.45, 2.75) is 19.8 Å². The Morgan fingerprint density at radius 3 is 2.71 bits per heavy atom. The molecule has 2 rings (SSSR count). The van der Waals surface area contributed by atoms with Gasteiger partial charge in [-0.05, 0) is 18.1 Å². The largest absolute Gasteiger partial charge is 0.478 e. The van der Waals surface area contributed by atoms with Gasteiger partial charge in [0.2, 0.25) is 0 Å². The predicted molar refractivity (Wildman–Crippen MR) is 85.1 cm³/mol. The molecule has 1 amide bonds. The Labute approximate surface area is 130 Å². The van der Waals surface area contributed by atoms with Gasteiger partial charge in [-0.3, -0.25) is 10.1 Å². The molecule has 2 heterocycles. The molecule has 0 radical (unpaired) electrons. The smallest absolute Gasteiger partial charge is 0.328 e. The first-order valence-electron chi connectivity index (χ1n) is 6.22. The number of carbonyl (C=O) groups is 2. The minimum absolute atomic E-state index is 0.245. The van der Waals surface area contributed by atoms with Gasteiger partial charge in [0, 0.05) is 21.7 Å². The van der Waals surface area contributed by atoms with E-state index in [2.05, 4.69) is 10.3 Å². The average molecular weight is 322 g/mol. The maximum absolute atomic E-state index is 12.1. The van der Waals surface area contributed by atoms with Gasteiger partial charge in [-0.25, -0.2) is 9.78 Å². The summed E-state index contributed by atoms with van der Waals surface area (Å²) < 4.78 is 0. The maximum Gasteiger partial charge on any atom is 0.328 e. The molecule has 0 unspecified atom stereocenters. The van der Waals surface area contributed by atoms with E-state index in [1.54, 1.807) is 11.4 Å². The highest BCUT2D eigenvalue weighted by Crippen LogP contribution is 2.23. The third-order valence-electron chi connectivity index (χ3n) is 2.61. The summed E-state index contributed by atoms with van der Waals surface area (Å²) in [5, 5.41) is 15.5. The van der Waals surface area contributed by atoms with E-state index >= 15 is 0 Å². The Morgan fingerprint density at radius 1 is 1.33 bits per heavy atom. The van der Waals surface area contributed by atoms with Crippen molar-refractivity contribution in [2.24, 2.45) is 0 Å². The Balaban J connectivity index is 2.04. The van der Waals surface area contributed by atoms with Crippen LogP contribution in [0.25, 0.3) is 6.08 Å². The lowest BCUT2D eigenvalue weighted by Crippen LogP contribution is -2.10. The van der Waals surface area contributed by atoms with Crippen LogP contribution < -0.4 is 5.32 Å². The van der Waals surface area contributed by atoms with Gasteiger partial charge in [0.05, 0.1) is 11.3 Å². The van der Waals surface area contributed by atoms with Crippen molar-refractivity contribution in [1.29, 1.82) is 0 Å². The number of aromatic nitrogens is 1. The van der Waals surface area contributed by atoms with E-state index in [0.717, 1.165) is 11.8 Å². The number of thiazole rings is 1. The molecule has 7 heteroatoms. The summed E-state index contributed by atoms with van der Waals surface area (Å²) in [6.45, 7) is 4.08. The first-order chi connectivity index (χ1) is 9.95. The number of thiophene rings is 1. The summed E-state index contributed by atoms with van der Waals surface area (Å²) in [6, 6.07) is 1.65. The van der Waals surface area contributed by atoms with Gasteiger partial charge >= 0.3 is 5.97 Å². The van der Waals surface area contributed by atoms with E-state index in [4.69, 9.17) is 5.11 Å². The molecule has 5 nitrogen and oxygen atoms in total. The molecule has 0 bridgehead atoms. The van der Waals surface area contributed by atoms with E-state index in [0.29, 0.717) is 21.5 Å². The molecule has 21 heavy (non-hydrogen) atoms. The molecule has 0 atom stereocenters. The SMILES string of the molecule is CC(C)c1csc(NC(=O)c2csc(C=CC(=O)O)c2)n1. The molecule has 2 aromatic heterocycles. The van der Waals surface area contributed by atoms with E-state index < -0.39 is 5.97 Å². The highest BCUT2D eigenvalue weighted by molar-refractivity contribution is 7.14. The maximum atomic E-state index is 12.1. The predicted octanol–water partition coefficient (Wildman–Crippen LogP) is 3.68. The minimum Gasteiger partial charge on any atom is -0.478 e. The van der Waals surface area contributed by atoms with Crippen molar-refractivity contribution in [3.05, 3.63) is 39.0 Å². The van der Waals surface area contributed by atoms with Crippen molar-refractivity contribution in [2.75, 3.05) is 5.32 Å². The molecule has 0 saturated heterocycles. The van der Waals surface area contributed by atoms with Crippen LogP contribution in [0.3, 0.4) is 0 Å². The fourth-order valence-electron chi connectivity index (χ4n) is 1.49. The van der Waals surface area contributed by atoms with Crippen LogP contribution in [0, 0.1) is 0 Å². The molecule has 0 fully saturated rings. The van der Waals surface area contributed by atoms with Crippen molar-refractivity contribution in [3.8, 4) is 0 Å². The molecule has 0 aromatic carbocycles. The van der Waals surface area contributed by atoms with Gasteiger partial charge in [0.15, 0.2) is 5.13 Å². The molecule has 0 aliphatic heterocycles. The second kappa shape index (κ2) is 6.64. The van der Waals surface area contributed by atoms with Gasteiger partial charge < -0.3 is 5.11 Å². The van der Waals surface area contributed by atoms with Crippen LogP contribution in [0.15, 0.2) is 22.9 Å². The highest BCUT2D eigenvalue weighted by Gasteiger charge is 2.11. The van der Waals surface area contributed by atoms with Crippen LogP contribution in [0.5, 0.6) is 0 Å². The lowest BCUT2D eigenvalue weighted by Gasteiger charge is -1.99. The van der Waals surface area contributed by atoms with Crippen molar-refractivity contribution in [1.82, 2.24) is 4.98 Å². The van der Waals surface area contributed by atoms with E-state index in [-0.39, 0.29) is 5.91 Å². The van der Waals surface area contributed by atoms with Crippen molar-refractivity contribution in [3.63, 3.8) is 0 Å². The zero-order valence-corrected chi connectivity index (χ0v) is 13.1. The summed E-state index contributed by atoms with van der Waals surface area (Å²) in [4.78, 5) is 27.6. The summed E-state index contributed by atoms with van der Waals surface area (Å²) in [7, 11) is 0. The number of aliphatic carboxylic acids is 1. The molecular formula is C14H14N2O3S2. The normalized spacial score (nSPS) is 11.2. The zero-order chi connectivity index (χ0) is 15.4. The Hall–Kier alpha value is -1.99. The second-order valence-electron chi connectivity index (χ2n) is 4.60. The minimum atomic E-state index is -1.02. The van der Waals surface area contributed by atoms with Crippen LogP contribution in [0.1, 0.15) is 40.7 Å². The number of hydrogen-bond acceptors (Lipinski definition) is 5. The van der Waals surface area contributed by atoms with E-state index in [1.165, 1.54) is 28.7 Å². The molecular weight excluding hydrogens is 308 g/mol. The number of anilines is 1. The number of nitrogens with one attached hydrogen (secondary N) is 1. The number of carboxylic acid groups (broad SMARTS) is 1. The summed E-state index contributed by atoms with van der Waals surface area (Å²) in [5.41, 5.74) is 1.44. The highest BCUT2D eigenvalue weighted by atomic mass is 32.1. The van der Waals surface area contributed by atoms with Crippen LogP contribution in [0.4, 0.5) is 5.13 Å². The fourth-order valence-corrected chi connectivity index (χ4v) is 3.14. The third-order valence-corrected chi connectivity index (χ3v) is 4.28. The van der Waals surface area contributed by atoms with E-state index in [1.807, 2.05) is 19.2 Å². The molecule has 0 aliphatic rings. The molecule has 2 N–H and O–H groups in total.